The predicted octanol–water partition coefficient (Wildman–Crippen LogP) is 3.83. The lowest BCUT2D eigenvalue weighted by Crippen LogP contribution is -2.12. The Balaban J connectivity index is 2.15. The van der Waals surface area contributed by atoms with Crippen LogP contribution in [0, 0.1) is 0 Å². The summed E-state index contributed by atoms with van der Waals surface area (Å²) in [5, 5.41) is 13.7. The number of hydrogen-bond acceptors (Lipinski definition) is 4. The van der Waals surface area contributed by atoms with Crippen LogP contribution in [0.3, 0.4) is 0 Å². The Hall–Kier alpha value is -1.85. The number of phenolic OH excluding ortho intramolecular Hbond substituents is 1. The van der Waals surface area contributed by atoms with Crippen LogP contribution in [0.1, 0.15) is 16.4 Å². The number of benzene rings is 2. The van der Waals surface area contributed by atoms with Crippen LogP contribution in [-0.4, -0.2) is 23.9 Å². The first-order valence-corrected chi connectivity index (χ1v) is 8.09. The molecular weight excluding hydrogens is 322 g/mol. The highest BCUT2D eigenvalue weighted by Crippen LogP contribution is 2.47. The molecule has 2 aromatic carbocycles. The largest absolute Gasteiger partial charge is 0.504 e. The molecule has 1 aliphatic rings. The molecule has 0 radical (unpaired) electrons. The summed E-state index contributed by atoms with van der Waals surface area (Å²) in [7, 11) is 1.51. The van der Waals surface area contributed by atoms with E-state index < -0.39 is 0 Å². The number of carbonyl (C=O) groups excluding carboxylic acids is 1. The molecule has 6 heteroatoms. The van der Waals surface area contributed by atoms with Gasteiger partial charge >= 0.3 is 0 Å². The molecule has 0 saturated heterocycles. The molecule has 3 rings (SSSR count). The number of nitrogens with one attached hydrogen (secondary N) is 1. The van der Waals surface area contributed by atoms with Crippen molar-refractivity contribution in [2.45, 2.75) is 5.25 Å². The Morgan fingerprint density at radius 2 is 2.14 bits per heavy atom. The van der Waals surface area contributed by atoms with Crippen LogP contribution < -0.4 is 10.1 Å². The van der Waals surface area contributed by atoms with E-state index in [0.29, 0.717) is 27.8 Å². The van der Waals surface area contributed by atoms with E-state index in [1.807, 2.05) is 18.2 Å². The van der Waals surface area contributed by atoms with Crippen LogP contribution in [0.25, 0.3) is 0 Å². The summed E-state index contributed by atoms with van der Waals surface area (Å²) in [4.78, 5) is 11.9. The van der Waals surface area contributed by atoms with Gasteiger partial charge in [-0.3, -0.25) is 4.79 Å². The van der Waals surface area contributed by atoms with Gasteiger partial charge in [0.05, 0.1) is 18.1 Å². The maximum atomic E-state index is 11.9. The van der Waals surface area contributed by atoms with Crippen molar-refractivity contribution < 1.29 is 14.6 Å². The van der Waals surface area contributed by atoms with Gasteiger partial charge in [-0.05, 0) is 29.8 Å². The van der Waals surface area contributed by atoms with Gasteiger partial charge in [0.15, 0.2) is 11.5 Å². The third-order valence-corrected chi connectivity index (χ3v) is 4.99. The normalized spacial score (nSPS) is 17.4. The molecule has 4 nitrogen and oxygen atoms in total. The van der Waals surface area contributed by atoms with Crippen LogP contribution in [0.5, 0.6) is 11.5 Å². The first kappa shape index (κ1) is 15.1. The lowest BCUT2D eigenvalue weighted by atomic mass is 10.0. The Bertz CT molecular complexity index is 735. The molecule has 2 aromatic rings. The lowest BCUT2D eigenvalue weighted by molar-refractivity contribution is -0.113. The van der Waals surface area contributed by atoms with Gasteiger partial charge in [-0.2, -0.15) is 0 Å². The minimum absolute atomic E-state index is 0.0709. The van der Waals surface area contributed by atoms with Gasteiger partial charge < -0.3 is 15.2 Å². The van der Waals surface area contributed by atoms with E-state index in [2.05, 4.69) is 5.32 Å². The molecule has 1 aliphatic heterocycles. The number of ether oxygens (including phenoxy) is 1. The molecule has 22 heavy (non-hydrogen) atoms. The Kier molecular flexibility index (Phi) is 4.18. The van der Waals surface area contributed by atoms with Crippen LogP contribution in [0.15, 0.2) is 36.4 Å². The van der Waals surface area contributed by atoms with Gasteiger partial charge in [-0.1, -0.05) is 23.7 Å². The zero-order valence-corrected chi connectivity index (χ0v) is 13.4. The minimum atomic E-state index is -0.206. The summed E-state index contributed by atoms with van der Waals surface area (Å²) in [6, 6.07) is 10.7. The predicted molar refractivity (Wildman–Crippen MR) is 89.0 cm³/mol. The van der Waals surface area contributed by atoms with E-state index in [1.165, 1.54) is 18.9 Å². The van der Waals surface area contributed by atoms with Gasteiger partial charge in [-0.25, -0.2) is 0 Å². The number of halogens is 1. The highest BCUT2D eigenvalue weighted by Gasteiger charge is 2.27. The molecule has 0 fully saturated rings. The fraction of sp³-hybridized carbons (Fsp3) is 0.188. The number of fused-ring (bicyclic) bond motifs is 1. The fourth-order valence-electron chi connectivity index (χ4n) is 2.47. The number of rotatable bonds is 2. The molecular formula is C16H14ClNO3S. The molecule has 1 amide bonds. The summed E-state index contributed by atoms with van der Waals surface area (Å²) in [6.07, 6.45) is 0. The van der Waals surface area contributed by atoms with Crippen molar-refractivity contribution >= 4 is 35.0 Å². The third kappa shape index (κ3) is 2.74. The Morgan fingerprint density at radius 3 is 2.91 bits per heavy atom. The highest BCUT2D eigenvalue weighted by molar-refractivity contribution is 8.00. The smallest absolute Gasteiger partial charge is 0.234 e. The van der Waals surface area contributed by atoms with Gasteiger partial charge in [-0.15, -0.1) is 11.8 Å². The van der Waals surface area contributed by atoms with Crippen molar-refractivity contribution in [3.8, 4) is 11.5 Å². The maximum Gasteiger partial charge on any atom is 0.234 e. The molecule has 0 bridgehead atoms. The number of aromatic hydroxyl groups is 1. The summed E-state index contributed by atoms with van der Waals surface area (Å²) in [5.74, 6) is 0.722. The summed E-state index contributed by atoms with van der Waals surface area (Å²) >= 11 is 7.55. The van der Waals surface area contributed by atoms with Crippen molar-refractivity contribution in [3.05, 3.63) is 52.5 Å². The molecule has 0 aliphatic carbocycles. The summed E-state index contributed by atoms with van der Waals surface area (Å²) < 4.78 is 5.17. The fourth-order valence-corrected chi connectivity index (χ4v) is 3.79. The van der Waals surface area contributed by atoms with E-state index >= 15 is 0 Å². The summed E-state index contributed by atoms with van der Waals surface area (Å²) in [6.45, 7) is 0. The Morgan fingerprint density at radius 1 is 1.32 bits per heavy atom. The van der Waals surface area contributed by atoms with Crippen LogP contribution in [0.2, 0.25) is 5.02 Å². The van der Waals surface area contributed by atoms with Gasteiger partial charge in [0, 0.05) is 16.3 Å². The van der Waals surface area contributed by atoms with Crippen molar-refractivity contribution in [2.75, 3.05) is 18.2 Å². The number of amides is 1. The highest BCUT2D eigenvalue weighted by atomic mass is 35.5. The van der Waals surface area contributed by atoms with E-state index in [1.54, 1.807) is 18.2 Å². The van der Waals surface area contributed by atoms with E-state index in [-0.39, 0.29) is 16.9 Å². The molecule has 1 heterocycles. The van der Waals surface area contributed by atoms with Crippen molar-refractivity contribution in [1.82, 2.24) is 0 Å². The molecule has 2 N–H and O–H groups in total. The first-order valence-electron chi connectivity index (χ1n) is 6.67. The summed E-state index contributed by atoms with van der Waals surface area (Å²) in [5.41, 5.74) is 2.28. The number of phenols is 1. The maximum absolute atomic E-state index is 11.9. The third-order valence-electron chi connectivity index (χ3n) is 3.48. The first-order chi connectivity index (χ1) is 10.6. The number of anilines is 1. The van der Waals surface area contributed by atoms with Crippen molar-refractivity contribution in [2.24, 2.45) is 0 Å². The number of hydrogen-bond donors (Lipinski definition) is 2. The monoisotopic (exact) mass is 335 g/mol. The quantitative estimate of drug-likeness (QED) is 0.875. The number of thioether (sulfide) groups is 1. The standard InChI is InChI=1S/C16H14ClNO3S/c1-21-13-4-2-3-10(15(13)20)16-11-7-9(17)5-6-12(11)18-14(19)8-22-16/h2-7,16,20H,8H2,1H3,(H,18,19). The van der Waals surface area contributed by atoms with Gasteiger partial charge in [0.2, 0.25) is 5.91 Å². The average Bonchev–Trinajstić information content (AvgIpc) is 2.66. The second-order valence-electron chi connectivity index (χ2n) is 4.87. The average molecular weight is 336 g/mol. The molecule has 0 spiro atoms. The molecule has 0 aromatic heterocycles. The van der Waals surface area contributed by atoms with Crippen LogP contribution in [0.4, 0.5) is 5.69 Å². The van der Waals surface area contributed by atoms with Gasteiger partial charge in [0.25, 0.3) is 0 Å². The number of para-hydroxylation sites is 1. The van der Waals surface area contributed by atoms with Gasteiger partial charge in [0.1, 0.15) is 0 Å². The van der Waals surface area contributed by atoms with E-state index in [4.69, 9.17) is 16.3 Å². The molecule has 1 atom stereocenters. The lowest BCUT2D eigenvalue weighted by Gasteiger charge is -2.19. The van der Waals surface area contributed by atoms with Crippen LogP contribution in [-0.2, 0) is 4.79 Å². The minimum Gasteiger partial charge on any atom is -0.504 e. The van der Waals surface area contributed by atoms with Crippen molar-refractivity contribution in [1.29, 1.82) is 0 Å². The number of methoxy groups -OCH3 is 1. The van der Waals surface area contributed by atoms with E-state index in [0.717, 1.165) is 5.56 Å². The zero-order chi connectivity index (χ0) is 15.7. The zero-order valence-electron chi connectivity index (χ0n) is 11.8. The Labute approximate surface area is 137 Å². The van der Waals surface area contributed by atoms with Crippen LogP contribution >= 0.6 is 23.4 Å². The topological polar surface area (TPSA) is 58.6 Å². The van der Waals surface area contributed by atoms with Crippen molar-refractivity contribution in [3.63, 3.8) is 0 Å². The number of carbonyl (C=O) groups is 1. The molecule has 0 saturated carbocycles. The second kappa shape index (κ2) is 6.10. The second-order valence-corrected chi connectivity index (χ2v) is 6.40. The SMILES string of the molecule is COc1cccc(C2SCC(=O)Nc3ccc(Cl)cc32)c1O. The van der Waals surface area contributed by atoms with E-state index in [9.17, 15) is 9.90 Å². The molecule has 114 valence electrons. The molecule has 1 unspecified atom stereocenters.